The van der Waals surface area contributed by atoms with Crippen LogP contribution in [-0.4, -0.2) is 44.1 Å². The first-order chi connectivity index (χ1) is 12.4. The van der Waals surface area contributed by atoms with Crippen molar-refractivity contribution >= 4 is 5.91 Å². The molecule has 0 radical (unpaired) electrons. The largest absolute Gasteiger partial charge is 0.353 e. The summed E-state index contributed by atoms with van der Waals surface area (Å²) in [4.78, 5) is 11.2. The first kappa shape index (κ1) is 25.2. The van der Waals surface area contributed by atoms with Crippen LogP contribution in [0.2, 0.25) is 0 Å². The van der Waals surface area contributed by atoms with Crippen LogP contribution in [0.25, 0.3) is 0 Å². The Bertz CT molecular complexity index is 347. The molecule has 0 heterocycles. The molecule has 0 aliphatic carbocycles. The summed E-state index contributed by atoms with van der Waals surface area (Å²) in [7, 11) is 6.89. The predicted molar refractivity (Wildman–Crippen MR) is 115 cm³/mol. The van der Waals surface area contributed by atoms with E-state index in [0.717, 1.165) is 17.4 Å². The van der Waals surface area contributed by atoms with Crippen LogP contribution >= 0.6 is 0 Å². The Morgan fingerprint density at radius 1 is 0.846 bits per heavy atom. The maximum Gasteiger partial charge on any atom is 0.243 e. The number of rotatable bonds is 18. The van der Waals surface area contributed by atoms with E-state index < -0.39 is 0 Å². The zero-order chi connectivity index (χ0) is 19.7. The molecule has 154 valence electrons. The predicted octanol–water partition coefficient (Wildman–Crippen LogP) is 5.84. The summed E-state index contributed by atoms with van der Waals surface area (Å²) in [6.07, 6.45) is 20.3. The van der Waals surface area contributed by atoms with E-state index in [2.05, 4.69) is 40.0 Å². The molecule has 0 aromatic heterocycles. The van der Waals surface area contributed by atoms with Gasteiger partial charge in [0, 0.05) is 13.0 Å². The summed E-state index contributed by atoms with van der Waals surface area (Å²) < 4.78 is 1.02. The van der Waals surface area contributed by atoms with Crippen LogP contribution in [0.15, 0.2) is 12.7 Å². The summed E-state index contributed by atoms with van der Waals surface area (Å²) in [6, 6.07) is 0.689. The molecule has 0 aliphatic heterocycles. The molecule has 3 nitrogen and oxygen atoms in total. The lowest BCUT2D eigenvalue weighted by Crippen LogP contribution is -2.45. The molecule has 0 aromatic carbocycles. The van der Waals surface area contributed by atoms with E-state index in [1.807, 2.05) is 0 Å². The second kappa shape index (κ2) is 16.4. The average Bonchev–Trinajstić information content (AvgIpc) is 2.59. The molecular weight excluding hydrogens is 320 g/mol. The highest BCUT2D eigenvalue weighted by molar-refractivity contribution is 5.86. The number of carbonyl (C=O) groups is 1. The van der Waals surface area contributed by atoms with Gasteiger partial charge in [0.05, 0.1) is 27.2 Å². The van der Waals surface area contributed by atoms with Gasteiger partial charge in [0.15, 0.2) is 0 Å². The van der Waals surface area contributed by atoms with Gasteiger partial charge in [-0.05, 0) is 25.3 Å². The van der Waals surface area contributed by atoms with Crippen molar-refractivity contribution in [2.24, 2.45) is 0 Å². The van der Waals surface area contributed by atoms with Crippen molar-refractivity contribution in [2.75, 3.05) is 27.7 Å². The van der Waals surface area contributed by atoms with Gasteiger partial charge in [-0.15, -0.1) is 0 Å². The van der Waals surface area contributed by atoms with E-state index in [1.54, 1.807) is 0 Å². The summed E-state index contributed by atoms with van der Waals surface area (Å²) in [5, 5.41) is 2.89. The molecule has 26 heavy (non-hydrogen) atoms. The number of nitrogens with zero attached hydrogens (tertiary/aromatic N) is 1. The van der Waals surface area contributed by atoms with Crippen LogP contribution in [0.1, 0.15) is 96.8 Å². The minimum absolute atomic E-state index is 0.0582. The Labute approximate surface area is 164 Å². The monoisotopic (exact) mass is 367 g/mol. The molecule has 1 atom stereocenters. The van der Waals surface area contributed by atoms with Gasteiger partial charge in [0.1, 0.15) is 0 Å². The van der Waals surface area contributed by atoms with Gasteiger partial charge in [-0.25, -0.2) is 0 Å². The maximum atomic E-state index is 11.2. The summed E-state index contributed by atoms with van der Waals surface area (Å²) in [5.74, 6) is -0.0582. The molecule has 0 aliphatic rings. The minimum atomic E-state index is -0.0582. The first-order valence-corrected chi connectivity index (χ1v) is 11.1. The van der Waals surface area contributed by atoms with Gasteiger partial charge in [0.2, 0.25) is 5.91 Å². The van der Waals surface area contributed by atoms with Crippen molar-refractivity contribution in [3.05, 3.63) is 12.7 Å². The number of unbranched alkanes of at least 4 members (excludes halogenated alkanes) is 10. The summed E-state index contributed by atoms with van der Waals surface area (Å²) in [6.45, 7) is 6.54. The molecule has 1 unspecified atom stereocenters. The molecule has 0 saturated heterocycles. The molecular formula is C23H47N2O+. The molecule has 0 spiro atoms. The van der Waals surface area contributed by atoms with E-state index >= 15 is 0 Å². The third-order valence-corrected chi connectivity index (χ3v) is 5.44. The normalized spacial score (nSPS) is 12.8. The summed E-state index contributed by atoms with van der Waals surface area (Å²) in [5.41, 5.74) is 0. The Kier molecular flexibility index (Phi) is 15.8. The lowest BCUT2D eigenvalue weighted by Gasteiger charge is -2.34. The Balaban J connectivity index is 3.69. The van der Waals surface area contributed by atoms with Gasteiger partial charge in [0.25, 0.3) is 0 Å². The average molecular weight is 368 g/mol. The van der Waals surface area contributed by atoms with Crippen molar-refractivity contribution in [1.82, 2.24) is 5.32 Å². The van der Waals surface area contributed by atoms with Gasteiger partial charge in [-0.2, -0.15) is 0 Å². The fourth-order valence-electron chi connectivity index (χ4n) is 3.58. The number of hydrogen-bond acceptors (Lipinski definition) is 1. The van der Waals surface area contributed by atoms with Crippen LogP contribution in [0.4, 0.5) is 0 Å². The van der Waals surface area contributed by atoms with E-state index in [4.69, 9.17) is 0 Å². The van der Waals surface area contributed by atoms with Crippen LogP contribution in [0.5, 0.6) is 0 Å². The van der Waals surface area contributed by atoms with Crippen molar-refractivity contribution in [3.63, 3.8) is 0 Å². The van der Waals surface area contributed by atoms with E-state index in [0.29, 0.717) is 6.04 Å². The van der Waals surface area contributed by atoms with E-state index in [9.17, 15) is 4.79 Å². The van der Waals surface area contributed by atoms with Crippen LogP contribution in [0.3, 0.4) is 0 Å². The molecule has 0 fully saturated rings. The van der Waals surface area contributed by atoms with Gasteiger partial charge >= 0.3 is 0 Å². The fourth-order valence-corrected chi connectivity index (χ4v) is 3.58. The Morgan fingerprint density at radius 3 is 1.77 bits per heavy atom. The van der Waals surface area contributed by atoms with Crippen molar-refractivity contribution < 1.29 is 9.28 Å². The molecule has 3 heteroatoms. The molecule has 1 amide bonds. The zero-order valence-electron chi connectivity index (χ0n) is 18.3. The van der Waals surface area contributed by atoms with E-state index in [-0.39, 0.29) is 5.91 Å². The third kappa shape index (κ3) is 15.4. The van der Waals surface area contributed by atoms with E-state index in [1.165, 1.54) is 89.5 Å². The maximum absolute atomic E-state index is 11.2. The van der Waals surface area contributed by atoms with Gasteiger partial charge in [-0.1, -0.05) is 77.7 Å². The standard InChI is InChI=1S/C23H46N2O/c1-6-8-9-10-11-12-13-14-15-16-17-19-22(25(3,4)5)20-18-21-24-23(26)7-2/h7,22H,2,6,8-21H2,1,3-5H3/p+1. The van der Waals surface area contributed by atoms with Gasteiger partial charge < -0.3 is 9.80 Å². The van der Waals surface area contributed by atoms with Crippen molar-refractivity contribution in [3.8, 4) is 0 Å². The summed E-state index contributed by atoms with van der Waals surface area (Å²) >= 11 is 0. The molecule has 0 bridgehead atoms. The lowest BCUT2D eigenvalue weighted by molar-refractivity contribution is -0.896. The van der Waals surface area contributed by atoms with Crippen LogP contribution < -0.4 is 5.32 Å². The molecule has 0 aromatic rings. The number of carbonyl (C=O) groups excluding carboxylic acids is 1. The smallest absolute Gasteiger partial charge is 0.243 e. The Morgan fingerprint density at radius 2 is 1.31 bits per heavy atom. The van der Waals surface area contributed by atoms with Crippen LogP contribution in [0, 0.1) is 0 Å². The Hall–Kier alpha value is -0.830. The van der Waals surface area contributed by atoms with Crippen LogP contribution in [-0.2, 0) is 4.79 Å². The number of amides is 1. The number of hydrogen-bond donors (Lipinski definition) is 1. The lowest BCUT2D eigenvalue weighted by atomic mass is 9.99. The third-order valence-electron chi connectivity index (χ3n) is 5.44. The molecule has 0 saturated carbocycles. The number of nitrogens with one attached hydrogen (secondary N) is 1. The SMILES string of the molecule is C=CC(=O)NCCCC(CCCCCCCCCCCCC)[N+](C)(C)C. The fraction of sp³-hybridized carbons (Fsp3) is 0.870. The number of quaternary nitrogens is 1. The van der Waals surface area contributed by atoms with Crippen molar-refractivity contribution in [2.45, 2.75) is 103 Å². The minimum Gasteiger partial charge on any atom is -0.353 e. The second-order valence-electron chi connectivity index (χ2n) is 8.73. The highest BCUT2D eigenvalue weighted by atomic mass is 16.1. The molecule has 1 N–H and O–H groups in total. The second-order valence-corrected chi connectivity index (χ2v) is 8.73. The quantitative estimate of drug-likeness (QED) is 0.184. The van der Waals surface area contributed by atoms with Gasteiger partial charge in [-0.3, -0.25) is 4.79 Å². The highest BCUT2D eigenvalue weighted by Gasteiger charge is 2.22. The van der Waals surface area contributed by atoms with Crippen molar-refractivity contribution in [1.29, 1.82) is 0 Å². The molecule has 0 rings (SSSR count). The zero-order valence-corrected chi connectivity index (χ0v) is 18.3. The first-order valence-electron chi connectivity index (χ1n) is 11.1. The topological polar surface area (TPSA) is 29.1 Å². The highest BCUT2D eigenvalue weighted by Crippen LogP contribution is 2.18.